The number of fused-ring (bicyclic) bond motifs is 1. The molecule has 9 heteroatoms. The average molecular weight is 440 g/mol. The lowest BCUT2D eigenvalue weighted by Crippen LogP contribution is -2.65. The highest BCUT2D eigenvalue weighted by Crippen LogP contribution is 2.38. The molecule has 0 unspecified atom stereocenters. The number of methoxy groups -OCH3 is 1. The van der Waals surface area contributed by atoms with Gasteiger partial charge in [0, 0.05) is 25.4 Å². The summed E-state index contributed by atoms with van der Waals surface area (Å²) in [4.78, 5) is 45.6. The Bertz CT molecular complexity index is 1070. The van der Waals surface area contributed by atoms with Crippen molar-refractivity contribution in [2.75, 3.05) is 25.6 Å². The first-order valence-corrected chi connectivity index (χ1v) is 10.8. The van der Waals surface area contributed by atoms with Crippen LogP contribution in [0.2, 0.25) is 0 Å². The number of imidazole rings is 1. The number of nitrogens with one attached hydrogen (secondary N) is 2. The summed E-state index contributed by atoms with van der Waals surface area (Å²) in [5.41, 5.74) is 1.92. The number of ether oxygens (including phenoxy) is 1. The van der Waals surface area contributed by atoms with Crippen LogP contribution in [0, 0.1) is 13.8 Å². The molecular formula is C23H29N5O4. The molecule has 2 N–H and O–H groups in total. The van der Waals surface area contributed by atoms with E-state index in [0.717, 1.165) is 24.0 Å². The fourth-order valence-electron chi connectivity index (χ4n) is 4.31. The van der Waals surface area contributed by atoms with E-state index in [1.165, 1.54) is 6.33 Å². The molecule has 0 radical (unpaired) electrons. The summed E-state index contributed by atoms with van der Waals surface area (Å²) in [6.07, 6.45) is 3.14. The van der Waals surface area contributed by atoms with Gasteiger partial charge in [0.2, 0.25) is 5.91 Å². The Hall–Kier alpha value is -3.20. The summed E-state index contributed by atoms with van der Waals surface area (Å²) < 4.78 is 6.63. The van der Waals surface area contributed by atoms with Crippen molar-refractivity contribution in [2.24, 2.45) is 0 Å². The van der Waals surface area contributed by atoms with Gasteiger partial charge in [-0.25, -0.2) is 4.98 Å². The standard InChI is InChI=1S/C23H29N5O4/c1-14-5-8-17(15(2)11-14)26-20(29)18-19-21(30)28(16-6-7-16)23(3,12-27(19)13-25-18)22(31)24-9-10-32-4/h5,8,11,13,16H,6-7,9-10,12H2,1-4H3,(H,24,31)(H,26,29)/t23-/m1/s1. The summed E-state index contributed by atoms with van der Waals surface area (Å²) in [5.74, 6) is -1.02. The maximum absolute atomic E-state index is 13.6. The summed E-state index contributed by atoms with van der Waals surface area (Å²) >= 11 is 0. The van der Waals surface area contributed by atoms with Gasteiger partial charge in [-0.1, -0.05) is 17.7 Å². The Labute approximate surface area is 187 Å². The largest absolute Gasteiger partial charge is 0.383 e. The number of anilines is 1. The van der Waals surface area contributed by atoms with Crippen LogP contribution >= 0.6 is 0 Å². The summed E-state index contributed by atoms with van der Waals surface area (Å²) in [5, 5.41) is 5.73. The molecule has 0 saturated heterocycles. The van der Waals surface area contributed by atoms with Crippen LogP contribution in [0.15, 0.2) is 24.5 Å². The van der Waals surface area contributed by atoms with Crippen molar-refractivity contribution in [3.8, 4) is 0 Å². The minimum absolute atomic E-state index is 0.0143. The molecule has 2 aromatic rings. The van der Waals surface area contributed by atoms with E-state index in [1.807, 2.05) is 32.0 Å². The highest BCUT2D eigenvalue weighted by molar-refractivity contribution is 6.12. The number of aryl methyl sites for hydroxylation is 2. The number of aromatic nitrogens is 2. The molecule has 1 aliphatic carbocycles. The number of nitrogens with zero attached hydrogens (tertiary/aromatic N) is 3. The fraction of sp³-hybridized carbons (Fsp3) is 0.478. The molecule has 2 aliphatic rings. The topological polar surface area (TPSA) is 106 Å². The van der Waals surface area contributed by atoms with Crippen LogP contribution < -0.4 is 10.6 Å². The summed E-state index contributed by atoms with van der Waals surface area (Å²) in [6.45, 7) is 6.64. The van der Waals surface area contributed by atoms with Gasteiger partial charge < -0.3 is 24.8 Å². The van der Waals surface area contributed by atoms with Gasteiger partial charge >= 0.3 is 0 Å². The molecule has 1 atom stereocenters. The SMILES string of the molecule is COCCNC(=O)[C@@]1(C)Cn2cnc(C(=O)Nc3ccc(C)cc3C)c2C(=O)N1C1CC1. The fourth-order valence-corrected chi connectivity index (χ4v) is 4.31. The molecule has 170 valence electrons. The maximum atomic E-state index is 13.6. The van der Waals surface area contributed by atoms with E-state index in [0.29, 0.717) is 18.8 Å². The van der Waals surface area contributed by atoms with Crippen molar-refractivity contribution in [1.29, 1.82) is 0 Å². The second-order valence-electron chi connectivity index (χ2n) is 8.77. The molecule has 4 rings (SSSR count). The molecule has 1 aromatic carbocycles. The third-order valence-corrected chi connectivity index (χ3v) is 6.11. The van der Waals surface area contributed by atoms with Crippen molar-refractivity contribution < 1.29 is 19.1 Å². The van der Waals surface area contributed by atoms with E-state index in [1.54, 1.807) is 23.5 Å². The maximum Gasteiger partial charge on any atom is 0.276 e. The minimum atomic E-state index is -1.07. The second kappa shape index (κ2) is 8.38. The van der Waals surface area contributed by atoms with Crippen molar-refractivity contribution in [3.63, 3.8) is 0 Å². The second-order valence-corrected chi connectivity index (χ2v) is 8.77. The van der Waals surface area contributed by atoms with Crippen molar-refractivity contribution in [2.45, 2.75) is 51.7 Å². The molecule has 2 heterocycles. The summed E-state index contributed by atoms with van der Waals surface area (Å²) in [6, 6.07) is 5.72. The molecule has 1 saturated carbocycles. The first kappa shape index (κ1) is 22.0. The highest BCUT2D eigenvalue weighted by atomic mass is 16.5. The van der Waals surface area contributed by atoms with Crippen LogP contribution in [0.25, 0.3) is 0 Å². The Morgan fingerprint density at radius 2 is 2.03 bits per heavy atom. The Morgan fingerprint density at radius 3 is 2.69 bits per heavy atom. The lowest BCUT2D eigenvalue weighted by atomic mass is 9.94. The van der Waals surface area contributed by atoms with Crippen molar-refractivity contribution in [1.82, 2.24) is 19.8 Å². The number of rotatable bonds is 7. The number of carbonyl (C=O) groups is 3. The number of carbonyl (C=O) groups excluding carboxylic acids is 3. The Balaban J connectivity index is 1.63. The average Bonchev–Trinajstić information content (AvgIpc) is 3.48. The molecule has 0 spiro atoms. The van der Waals surface area contributed by atoms with Crippen molar-refractivity contribution in [3.05, 3.63) is 47.0 Å². The zero-order valence-electron chi connectivity index (χ0n) is 18.9. The molecule has 1 fully saturated rings. The van der Waals surface area contributed by atoms with E-state index in [4.69, 9.17) is 4.74 Å². The molecule has 3 amide bonds. The van der Waals surface area contributed by atoms with Gasteiger partial charge in [0.05, 0.1) is 19.5 Å². The van der Waals surface area contributed by atoms with Crippen LogP contribution in [0.1, 0.15) is 51.9 Å². The highest BCUT2D eigenvalue weighted by Gasteiger charge is 2.53. The van der Waals surface area contributed by atoms with E-state index < -0.39 is 11.4 Å². The Kier molecular flexibility index (Phi) is 5.77. The monoisotopic (exact) mass is 439 g/mol. The zero-order chi connectivity index (χ0) is 23.0. The minimum Gasteiger partial charge on any atom is -0.383 e. The van der Waals surface area contributed by atoms with Gasteiger partial charge in [0.1, 0.15) is 11.2 Å². The molecular weight excluding hydrogens is 410 g/mol. The summed E-state index contributed by atoms with van der Waals surface area (Å²) in [7, 11) is 1.57. The van der Waals surface area contributed by atoms with Gasteiger partial charge in [-0.15, -0.1) is 0 Å². The smallest absolute Gasteiger partial charge is 0.276 e. The first-order valence-electron chi connectivity index (χ1n) is 10.8. The van der Waals surface area contributed by atoms with E-state index in [-0.39, 0.29) is 35.8 Å². The predicted octanol–water partition coefficient (Wildman–Crippen LogP) is 1.89. The normalized spacial score (nSPS) is 20.1. The number of hydrogen-bond acceptors (Lipinski definition) is 5. The van der Waals surface area contributed by atoms with Crippen LogP contribution in [-0.2, 0) is 16.1 Å². The molecule has 1 aliphatic heterocycles. The van der Waals surface area contributed by atoms with Gasteiger partial charge in [0.25, 0.3) is 11.8 Å². The van der Waals surface area contributed by atoms with Gasteiger partial charge in [0.15, 0.2) is 5.69 Å². The van der Waals surface area contributed by atoms with Crippen LogP contribution in [0.4, 0.5) is 5.69 Å². The number of amides is 3. The third-order valence-electron chi connectivity index (χ3n) is 6.11. The van der Waals surface area contributed by atoms with Crippen LogP contribution in [0.3, 0.4) is 0 Å². The van der Waals surface area contributed by atoms with Crippen LogP contribution in [0.5, 0.6) is 0 Å². The first-order chi connectivity index (χ1) is 15.3. The van der Waals surface area contributed by atoms with Gasteiger partial charge in [-0.3, -0.25) is 14.4 Å². The van der Waals surface area contributed by atoms with E-state index >= 15 is 0 Å². The predicted molar refractivity (Wildman–Crippen MR) is 119 cm³/mol. The quantitative estimate of drug-likeness (QED) is 0.641. The molecule has 1 aromatic heterocycles. The van der Waals surface area contributed by atoms with Gasteiger partial charge in [-0.05, 0) is 45.2 Å². The Morgan fingerprint density at radius 1 is 1.28 bits per heavy atom. The van der Waals surface area contributed by atoms with Crippen molar-refractivity contribution >= 4 is 23.4 Å². The van der Waals surface area contributed by atoms with E-state index in [2.05, 4.69) is 15.6 Å². The van der Waals surface area contributed by atoms with Gasteiger partial charge in [-0.2, -0.15) is 0 Å². The molecule has 0 bridgehead atoms. The molecule has 9 nitrogen and oxygen atoms in total. The van der Waals surface area contributed by atoms with Crippen LogP contribution in [-0.4, -0.2) is 64.0 Å². The molecule has 32 heavy (non-hydrogen) atoms. The lowest BCUT2D eigenvalue weighted by Gasteiger charge is -2.44. The number of hydrogen-bond donors (Lipinski definition) is 2. The number of benzene rings is 1. The third kappa shape index (κ3) is 3.88. The van der Waals surface area contributed by atoms with E-state index in [9.17, 15) is 14.4 Å². The lowest BCUT2D eigenvalue weighted by molar-refractivity contribution is -0.133. The zero-order valence-corrected chi connectivity index (χ0v) is 18.9.